The first kappa shape index (κ1) is 18.4. The Labute approximate surface area is 162 Å². The van der Waals surface area contributed by atoms with E-state index in [2.05, 4.69) is 39.0 Å². The molecule has 0 spiro atoms. The zero-order valence-corrected chi connectivity index (χ0v) is 16.6. The fraction of sp³-hybridized carbons (Fsp3) is 0.316. The molecule has 4 rings (SSSR count). The third kappa shape index (κ3) is 4.14. The highest BCUT2D eigenvalue weighted by molar-refractivity contribution is 7.91. The maximum Gasteiger partial charge on any atom is 0.250 e. The van der Waals surface area contributed by atoms with Gasteiger partial charge in [-0.3, -0.25) is 4.90 Å². The standard InChI is InChI=1S/C19H21N3O3S2/c1-14(12-22-11-9-15-4-2-3-5-16(15)13-22)21-27(23,24)19-7-6-18(26-19)17-8-10-20-25-17/h2-8,10,14,21H,9,11-13H2,1H3. The Morgan fingerprint density at radius 3 is 2.81 bits per heavy atom. The summed E-state index contributed by atoms with van der Waals surface area (Å²) in [6, 6.07) is 13.3. The Morgan fingerprint density at radius 2 is 2.04 bits per heavy atom. The number of hydrogen-bond donors (Lipinski definition) is 1. The van der Waals surface area contributed by atoms with Crippen LogP contribution in [0.25, 0.3) is 10.6 Å². The van der Waals surface area contributed by atoms with Crippen molar-refractivity contribution < 1.29 is 12.9 Å². The number of benzene rings is 1. The van der Waals surface area contributed by atoms with Crippen LogP contribution in [0.15, 0.2) is 57.4 Å². The number of thiophene rings is 1. The van der Waals surface area contributed by atoms with Gasteiger partial charge in [0.15, 0.2) is 5.76 Å². The fourth-order valence-corrected chi connectivity index (χ4v) is 5.91. The number of sulfonamides is 1. The van der Waals surface area contributed by atoms with Gasteiger partial charge in [0.1, 0.15) is 4.21 Å². The number of fused-ring (bicyclic) bond motifs is 1. The van der Waals surface area contributed by atoms with Crippen molar-refractivity contribution in [2.45, 2.75) is 30.1 Å². The van der Waals surface area contributed by atoms with Crippen molar-refractivity contribution in [3.63, 3.8) is 0 Å². The predicted octanol–water partition coefficient (Wildman–Crippen LogP) is 3.13. The SMILES string of the molecule is CC(CN1CCc2ccccc2C1)NS(=O)(=O)c1ccc(-c2ccno2)s1. The predicted molar refractivity (Wildman–Crippen MR) is 105 cm³/mol. The summed E-state index contributed by atoms with van der Waals surface area (Å²) in [4.78, 5) is 3.04. The van der Waals surface area contributed by atoms with Crippen molar-refractivity contribution >= 4 is 21.4 Å². The van der Waals surface area contributed by atoms with Crippen LogP contribution < -0.4 is 4.72 Å². The van der Waals surface area contributed by atoms with Crippen LogP contribution in [0.5, 0.6) is 0 Å². The van der Waals surface area contributed by atoms with Gasteiger partial charge in [-0.2, -0.15) is 0 Å². The van der Waals surface area contributed by atoms with Gasteiger partial charge in [-0.05, 0) is 36.6 Å². The Kier molecular flexibility index (Phi) is 5.14. The van der Waals surface area contributed by atoms with Crippen molar-refractivity contribution in [2.24, 2.45) is 0 Å². The summed E-state index contributed by atoms with van der Waals surface area (Å²) in [5.74, 6) is 0.571. The van der Waals surface area contributed by atoms with Crippen LogP contribution in [-0.4, -0.2) is 37.6 Å². The summed E-state index contributed by atoms with van der Waals surface area (Å²) in [5, 5.41) is 3.66. The van der Waals surface area contributed by atoms with E-state index in [1.54, 1.807) is 24.4 Å². The molecule has 1 aromatic carbocycles. The van der Waals surface area contributed by atoms with Crippen LogP contribution in [0, 0.1) is 0 Å². The third-order valence-corrected chi connectivity index (χ3v) is 7.81. The Hall–Kier alpha value is -2.00. The highest BCUT2D eigenvalue weighted by atomic mass is 32.2. The van der Waals surface area contributed by atoms with Gasteiger partial charge in [-0.15, -0.1) is 11.3 Å². The molecular weight excluding hydrogens is 382 g/mol. The molecule has 1 atom stereocenters. The molecule has 0 aliphatic carbocycles. The minimum atomic E-state index is -3.56. The Bertz CT molecular complexity index is 1010. The summed E-state index contributed by atoms with van der Waals surface area (Å²) in [7, 11) is -3.56. The quantitative estimate of drug-likeness (QED) is 0.684. The molecule has 0 saturated heterocycles. The molecular formula is C19H21N3O3S2. The number of aromatic nitrogens is 1. The van der Waals surface area contributed by atoms with Crippen LogP contribution in [0.4, 0.5) is 0 Å². The van der Waals surface area contributed by atoms with Crippen LogP contribution in [0.3, 0.4) is 0 Å². The average Bonchev–Trinajstić information content (AvgIpc) is 3.32. The highest BCUT2D eigenvalue weighted by Crippen LogP contribution is 2.30. The number of rotatable bonds is 6. The molecule has 6 nitrogen and oxygen atoms in total. The fourth-order valence-electron chi connectivity index (χ4n) is 3.40. The normalized spacial score (nSPS) is 16.2. The van der Waals surface area contributed by atoms with Gasteiger partial charge in [0.25, 0.3) is 0 Å². The molecule has 0 fully saturated rings. The largest absolute Gasteiger partial charge is 0.355 e. The zero-order valence-electron chi connectivity index (χ0n) is 15.0. The molecule has 2 aromatic heterocycles. The monoisotopic (exact) mass is 403 g/mol. The van der Waals surface area contributed by atoms with Gasteiger partial charge in [0.05, 0.1) is 11.1 Å². The van der Waals surface area contributed by atoms with E-state index < -0.39 is 10.0 Å². The average molecular weight is 404 g/mol. The molecule has 0 saturated carbocycles. The zero-order chi connectivity index (χ0) is 18.9. The second-order valence-electron chi connectivity index (χ2n) is 6.77. The minimum Gasteiger partial charge on any atom is -0.355 e. The number of nitrogens with one attached hydrogen (secondary N) is 1. The van der Waals surface area contributed by atoms with Crippen LogP contribution in [0.1, 0.15) is 18.1 Å². The molecule has 1 N–H and O–H groups in total. The third-order valence-electron chi connectivity index (χ3n) is 4.62. The molecule has 0 bridgehead atoms. The van der Waals surface area contributed by atoms with Gasteiger partial charge in [0.2, 0.25) is 10.0 Å². The molecule has 3 aromatic rings. The van der Waals surface area contributed by atoms with E-state index in [4.69, 9.17) is 4.52 Å². The lowest BCUT2D eigenvalue weighted by molar-refractivity contribution is 0.238. The van der Waals surface area contributed by atoms with Gasteiger partial charge in [-0.25, -0.2) is 13.1 Å². The smallest absolute Gasteiger partial charge is 0.250 e. The lowest BCUT2D eigenvalue weighted by atomic mass is 10.00. The van der Waals surface area contributed by atoms with Crippen LogP contribution >= 0.6 is 11.3 Å². The maximum absolute atomic E-state index is 12.7. The topological polar surface area (TPSA) is 75.4 Å². The molecule has 142 valence electrons. The first-order valence-electron chi connectivity index (χ1n) is 8.83. The first-order chi connectivity index (χ1) is 13.0. The van der Waals surface area contributed by atoms with Gasteiger partial charge < -0.3 is 4.52 Å². The van der Waals surface area contributed by atoms with E-state index in [-0.39, 0.29) is 10.3 Å². The van der Waals surface area contributed by atoms with Crippen LogP contribution in [0.2, 0.25) is 0 Å². The van der Waals surface area contributed by atoms with Gasteiger partial charge in [-0.1, -0.05) is 29.4 Å². The summed E-state index contributed by atoms with van der Waals surface area (Å²) < 4.78 is 33.6. The van der Waals surface area contributed by atoms with Crippen molar-refractivity contribution in [2.75, 3.05) is 13.1 Å². The minimum absolute atomic E-state index is 0.184. The lowest BCUT2D eigenvalue weighted by Crippen LogP contribution is -2.43. The summed E-state index contributed by atoms with van der Waals surface area (Å²) >= 11 is 1.18. The molecule has 1 aliphatic rings. The van der Waals surface area contributed by atoms with E-state index >= 15 is 0 Å². The van der Waals surface area contributed by atoms with E-state index in [1.165, 1.54) is 22.5 Å². The number of nitrogens with zero attached hydrogens (tertiary/aromatic N) is 2. The molecule has 27 heavy (non-hydrogen) atoms. The lowest BCUT2D eigenvalue weighted by Gasteiger charge is -2.30. The van der Waals surface area contributed by atoms with Crippen molar-refractivity contribution in [1.29, 1.82) is 0 Å². The molecule has 1 aliphatic heterocycles. The van der Waals surface area contributed by atoms with Gasteiger partial charge in [0, 0.05) is 31.7 Å². The van der Waals surface area contributed by atoms with Gasteiger partial charge >= 0.3 is 0 Å². The maximum atomic E-state index is 12.7. The van der Waals surface area contributed by atoms with Crippen LogP contribution in [-0.2, 0) is 23.0 Å². The number of hydrogen-bond acceptors (Lipinski definition) is 6. The van der Waals surface area contributed by atoms with E-state index in [0.29, 0.717) is 12.3 Å². The molecule has 0 amide bonds. The van der Waals surface area contributed by atoms with Crippen molar-refractivity contribution in [3.8, 4) is 10.6 Å². The Balaban J connectivity index is 1.40. The summed E-state index contributed by atoms with van der Waals surface area (Å²) in [6.07, 6.45) is 2.54. The molecule has 3 heterocycles. The van der Waals surface area contributed by atoms with E-state index in [9.17, 15) is 8.42 Å². The second kappa shape index (κ2) is 7.55. The first-order valence-corrected chi connectivity index (χ1v) is 11.1. The molecule has 8 heteroatoms. The summed E-state index contributed by atoms with van der Waals surface area (Å²) in [5.41, 5.74) is 2.72. The summed E-state index contributed by atoms with van der Waals surface area (Å²) in [6.45, 7) is 4.38. The van der Waals surface area contributed by atoms with Crippen molar-refractivity contribution in [3.05, 3.63) is 59.8 Å². The molecule has 1 unspecified atom stereocenters. The second-order valence-corrected chi connectivity index (χ2v) is 9.80. The van der Waals surface area contributed by atoms with Crippen molar-refractivity contribution in [1.82, 2.24) is 14.8 Å². The Morgan fingerprint density at radius 1 is 1.22 bits per heavy atom. The molecule has 0 radical (unpaired) electrons. The van der Waals surface area contributed by atoms with E-state index in [0.717, 1.165) is 24.4 Å². The van der Waals surface area contributed by atoms with E-state index in [1.807, 2.05) is 6.92 Å². The highest BCUT2D eigenvalue weighted by Gasteiger charge is 2.23.